The summed E-state index contributed by atoms with van der Waals surface area (Å²) in [6.07, 6.45) is 4.60. The second kappa shape index (κ2) is 12.8. The Hall–Kier alpha value is -1.62. The van der Waals surface area contributed by atoms with Crippen LogP contribution in [0.25, 0.3) is 0 Å². The summed E-state index contributed by atoms with van der Waals surface area (Å²) in [4.78, 5) is 16.3. The molecule has 24 heavy (non-hydrogen) atoms. The van der Waals surface area contributed by atoms with E-state index >= 15 is 0 Å². The van der Waals surface area contributed by atoms with Crippen molar-refractivity contribution in [2.75, 3.05) is 59.0 Å². The van der Waals surface area contributed by atoms with Gasteiger partial charge in [0.2, 0.25) is 0 Å². The molecule has 3 N–H and O–H groups in total. The van der Waals surface area contributed by atoms with E-state index in [9.17, 15) is 10.1 Å². The van der Waals surface area contributed by atoms with Gasteiger partial charge in [0, 0.05) is 65.2 Å². The largest absolute Gasteiger partial charge is 0.390 e. The van der Waals surface area contributed by atoms with E-state index in [0.717, 1.165) is 45.5 Å². The van der Waals surface area contributed by atoms with Gasteiger partial charge >= 0.3 is 0 Å². The van der Waals surface area contributed by atoms with Crippen LogP contribution in [0, 0.1) is 11.3 Å². The summed E-state index contributed by atoms with van der Waals surface area (Å²) in [5.41, 5.74) is 5.71. The van der Waals surface area contributed by atoms with Crippen LogP contribution in [-0.2, 0) is 9.53 Å². The van der Waals surface area contributed by atoms with Crippen molar-refractivity contribution in [2.24, 2.45) is 5.73 Å². The summed E-state index contributed by atoms with van der Waals surface area (Å²) >= 11 is 0. The number of hydrogen-bond acceptors (Lipinski definition) is 6. The number of nitrogens with two attached hydrogens (primary N) is 1. The maximum atomic E-state index is 12.4. The standard InChI is InChI=1S/C17H31N5O2/c1-2-3-12-24-13-4-6-20-15-16(14-19)17(23)22-10-8-21(7-5-18)9-11-22/h15,20H,2-13,18H2,1H3/b16-15-. The second-order valence-corrected chi connectivity index (χ2v) is 5.87. The molecular weight excluding hydrogens is 306 g/mol. The number of carbonyl (C=O) groups excluding carboxylic acids is 1. The van der Waals surface area contributed by atoms with Gasteiger partial charge in [0.25, 0.3) is 5.91 Å². The lowest BCUT2D eigenvalue weighted by Crippen LogP contribution is -2.50. The summed E-state index contributed by atoms with van der Waals surface area (Å²) in [6, 6.07) is 2.00. The normalized spacial score (nSPS) is 16.0. The number of nitrogens with zero attached hydrogens (tertiary/aromatic N) is 3. The molecule has 1 aliphatic rings. The van der Waals surface area contributed by atoms with Crippen LogP contribution in [0.5, 0.6) is 0 Å². The Bertz CT molecular complexity index is 425. The van der Waals surface area contributed by atoms with Crippen molar-refractivity contribution in [3.63, 3.8) is 0 Å². The zero-order chi connectivity index (χ0) is 17.6. The molecule has 136 valence electrons. The summed E-state index contributed by atoms with van der Waals surface area (Å²) in [5, 5.41) is 12.2. The molecule has 0 aliphatic carbocycles. The van der Waals surface area contributed by atoms with E-state index in [2.05, 4.69) is 17.1 Å². The summed E-state index contributed by atoms with van der Waals surface area (Å²) in [6.45, 7) is 8.70. The zero-order valence-electron chi connectivity index (χ0n) is 14.8. The van der Waals surface area contributed by atoms with Crippen LogP contribution < -0.4 is 11.1 Å². The molecule has 7 heteroatoms. The van der Waals surface area contributed by atoms with E-state index in [1.807, 2.05) is 6.07 Å². The minimum absolute atomic E-state index is 0.161. The lowest BCUT2D eigenvalue weighted by Gasteiger charge is -2.34. The first-order chi connectivity index (χ1) is 11.7. The first-order valence-electron chi connectivity index (χ1n) is 8.86. The molecule has 0 atom stereocenters. The first kappa shape index (κ1) is 20.4. The minimum atomic E-state index is -0.198. The van der Waals surface area contributed by atoms with Crippen LogP contribution in [0.3, 0.4) is 0 Å². The van der Waals surface area contributed by atoms with Crippen LogP contribution in [-0.4, -0.2) is 74.7 Å². The molecule has 0 saturated carbocycles. The number of nitrogens with one attached hydrogen (secondary N) is 1. The van der Waals surface area contributed by atoms with E-state index in [-0.39, 0.29) is 11.5 Å². The van der Waals surface area contributed by atoms with Gasteiger partial charge in [0.1, 0.15) is 11.6 Å². The molecule has 0 spiro atoms. The molecule has 0 radical (unpaired) electrons. The molecule has 0 aromatic rings. The van der Waals surface area contributed by atoms with E-state index in [1.54, 1.807) is 4.90 Å². The van der Waals surface area contributed by atoms with Gasteiger partial charge in [0.05, 0.1) is 0 Å². The number of ether oxygens (including phenoxy) is 1. The van der Waals surface area contributed by atoms with Crippen molar-refractivity contribution < 1.29 is 9.53 Å². The van der Waals surface area contributed by atoms with Crippen LogP contribution in [0.4, 0.5) is 0 Å². The molecule has 0 aromatic heterocycles. The van der Waals surface area contributed by atoms with Gasteiger partial charge in [-0.25, -0.2) is 0 Å². The molecule has 1 fully saturated rings. The van der Waals surface area contributed by atoms with Crippen molar-refractivity contribution in [3.05, 3.63) is 11.8 Å². The van der Waals surface area contributed by atoms with E-state index < -0.39 is 0 Å². The number of hydrogen-bond donors (Lipinski definition) is 2. The third-order valence-electron chi connectivity index (χ3n) is 3.95. The number of rotatable bonds is 11. The highest BCUT2D eigenvalue weighted by Crippen LogP contribution is 2.06. The Balaban J connectivity index is 2.27. The van der Waals surface area contributed by atoms with Crippen molar-refractivity contribution in [1.29, 1.82) is 5.26 Å². The highest BCUT2D eigenvalue weighted by Gasteiger charge is 2.23. The van der Waals surface area contributed by atoms with Crippen LogP contribution in [0.1, 0.15) is 26.2 Å². The molecule has 1 rings (SSSR count). The molecule has 1 saturated heterocycles. The number of carbonyl (C=O) groups is 1. The maximum absolute atomic E-state index is 12.4. The Kier molecular flexibility index (Phi) is 10.9. The third-order valence-corrected chi connectivity index (χ3v) is 3.95. The average Bonchev–Trinajstić information content (AvgIpc) is 2.61. The molecule has 0 unspecified atom stereocenters. The average molecular weight is 337 g/mol. The number of piperazine rings is 1. The lowest BCUT2D eigenvalue weighted by atomic mass is 10.2. The quantitative estimate of drug-likeness (QED) is 0.320. The van der Waals surface area contributed by atoms with Crippen LogP contribution >= 0.6 is 0 Å². The predicted molar refractivity (Wildman–Crippen MR) is 94.1 cm³/mol. The Labute approximate surface area is 145 Å². The molecule has 0 bridgehead atoms. The van der Waals surface area contributed by atoms with E-state index in [4.69, 9.17) is 10.5 Å². The first-order valence-corrected chi connectivity index (χ1v) is 8.86. The lowest BCUT2D eigenvalue weighted by molar-refractivity contribution is -0.128. The fourth-order valence-corrected chi connectivity index (χ4v) is 2.47. The zero-order valence-corrected chi connectivity index (χ0v) is 14.8. The van der Waals surface area contributed by atoms with Gasteiger partial charge in [0.15, 0.2) is 0 Å². The van der Waals surface area contributed by atoms with E-state index in [0.29, 0.717) is 32.8 Å². The van der Waals surface area contributed by atoms with Gasteiger partial charge in [-0.15, -0.1) is 0 Å². The maximum Gasteiger partial charge on any atom is 0.266 e. The van der Waals surface area contributed by atoms with Gasteiger partial charge in [-0.2, -0.15) is 5.26 Å². The third kappa shape index (κ3) is 7.77. The SMILES string of the molecule is CCCCOCCCN/C=C(/C#N)C(=O)N1CCN(CCN)CC1. The summed E-state index contributed by atoms with van der Waals surface area (Å²) < 4.78 is 5.47. The van der Waals surface area contributed by atoms with Crippen molar-refractivity contribution in [3.8, 4) is 6.07 Å². The topological polar surface area (TPSA) is 94.6 Å². The van der Waals surface area contributed by atoms with Crippen molar-refractivity contribution >= 4 is 5.91 Å². The molecule has 1 amide bonds. The van der Waals surface area contributed by atoms with E-state index in [1.165, 1.54) is 6.20 Å². The Morgan fingerprint density at radius 1 is 1.29 bits per heavy atom. The molecule has 1 heterocycles. The summed E-state index contributed by atoms with van der Waals surface area (Å²) in [5.74, 6) is -0.198. The number of amides is 1. The minimum Gasteiger partial charge on any atom is -0.390 e. The van der Waals surface area contributed by atoms with Gasteiger partial charge in [-0.3, -0.25) is 9.69 Å². The second-order valence-electron chi connectivity index (χ2n) is 5.87. The monoisotopic (exact) mass is 337 g/mol. The number of nitriles is 1. The van der Waals surface area contributed by atoms with Crippen LogP contribution in [0.2, 0.25) is 0 Å². The fourth-order valence-electron chi connectivity index (χ4n) is 2.47. The van der Waals surface area contributed by atoms with Gasteiger partial charge in [-0.1, -0.05) is 13.3 Å². The fraction of sp³-hybridized carbons (Fsp3) is 0.765. The van der Waals surface area contributed by atoms with Gasteiger partial charge in [-0.05, 0) is 12.8 Å². The molecule has 7 nitrogen and oxygen atoms in total. The van der Waals surface area contributed by atoms with Gasteiger partial charge < -0.3 is 20.7 Å². The smallest absolute Gasteiger partial charge is 0.266 e. The molecule has 1 aliphatic heterocycles. The predicted octanol–water partition coefficient (Wildman–Crippen LogP) is 0.293. The number of unbranched alkanes of at least 4 members (excludes halogenated alkanes) is 1. The van der Waals surface area contributed by atoms with Crippen molar-refractivity contribution in [1.82, 2.24) is 15.1 Å². The summed E-state index contributed by atoms with van der Waals surface area (Å²) in [7, 11) is 0. The Morgan fingerprint density at radius 2 is 2.00 bits per heavy atom. The highest BCUT2D eigenvalue weighted by atomic mass is 16.5. The molecule has 0 aromatic carbocycles. The highest BCUT2D eigenvalue weighted by molar-refractivity contribution is 5.97. The Morgan fingerprint density at radius 3 is 2.62 bits per heavy atom. The van der Waals surface area contributed by atoms with Crippen LogP contribution in [0.15, 0.2) is 11.8 Å². The molecular formula is C17H31N5O2. The van der Waals surface area contributed by atoms with Crippen molar-refractivity contribution in [2.45, 2.75) is 26.2 Å².